The van der Waals surface area contributed by atoms with Crippen LogP contribution in [0.25, 0.3) is 22.4 Å². The first-order chi connectivity index (χ1) is 13.6. The van der Waals surface area contributed by atoms with E-state index >= 15 is 0 Å². The lowest BCUT2D eigenvalue weighted by Crippen LogP contribution is -2.48. The van der Waals surface area contributed by atoms with Crippen molar-refractivity contribution in [3.05, 3.63) is 60.7 Å². The van der Waals surface area contributed by atoms with Gasteiger partial charge in [-0.1, -0.05) is 24.3 Å². The lowest BCUT2D eigenvalue weighted by Gasteiger charge is -2.28. The van der Waals surface area contributed by atoms with E-state index in [1.165, 1.54) is 18.5 Å². The summed E-state index contributed by atoms with van der Waals surface area (Å²) < 4.78 is 56.5. The zero-order chi connectivity index (χ0) is 21.2. The summed E-state index contributed by atoms with van der Waals surface area (Å²) >= 11 is 0.855. The number of rotatable bonds is 5. The summed E-state index contributed by atoms with van der Waals surface area (Å²) in [5, 5.41) is 0. The molecule has 0 radical (unpaired) electrons. The van der Waals surface area contributed by atoms with Crippen molar-refractivity contribution in [3.63, 3.8) is 0 Å². The van der Waals surface area contributed by atoms with Gasteiger partial charge in [0.25, 0.3) is 0 Å². The molecule has 29 heavy (non-hydrogen) atoms. The highest BCUT2D eigenvalue weighted by molar-refractivity contribution is 7.97. The Morgan fingerprint density at radius 2 is 1.69 bits per heavy atom. The van der Waals surface area contributed by atoms with Crippen LogP contribution in [0, 0.1) is 5.82 Å². The van der Waals surface area contributed by atoms with Gasteiger partial charge in [0.05, 0.1) is 18.1 Å². The number of anilines is 1. The maximum absolute atomic E-state index is 14.7. The summed E-state index contributed by atoms with van der Waals surface area (Å²) in [6.45, 7) is 2.12. The Bertz CT molecular complexity index is 1000. The van der Waals surface area contributed by atoms with E-state index in [4.69, 9.17) is 5.73 Å². The minimum absolute atomic E-state index is 0.228. The third kappa shape index (κ3) is 4.68. The lowest BCUT2D eigenvalue weighted by atomic mass is 10.0. The molecule has 3 aromatic rings. The number of halogens is 4. The zero-order valence-corrected chi connectivity index (χ0v) is 16.4. The van der Waals surface area contributed by atoms with Crippen LogP contribution >= 0.6 is 11.9 Å². The van der Waals surface area contributed by atoms with E-state index in [0.29, 0.717) is 21.7 Å². The average molecular weight is 422 g/mol. The molecule has 3 rings (SSSR count). The molecular formula is C20H18F4N4S. The molecule has 0 spiro atoms. The Morgan fingerprint density at radius 1 is 0.966 bits per heavy atom. The maximum atomic E-state index is 14.7. The number of aromatic nitrogens is 2. The van der Waals surface area contributed by atoms with E-state index in [9.17, 15) is 17.6 Å². The molecule has 0 fully saturated rings. The van der Waals surface area contributed by atoms with Gasteiger partial charge in [0.2, 0.25) is 0 Å². The molecule has 1 heterocycles. The molecule has 0 aliphatic rings. The van der Waals surface area contributed by atoms with E-state index in [0.717, 1.165) is 25.8 Å². The number of benzene rings is 2. The first-order valence-electron chi connectivity index (χ1n) is 8.56. The fourth-order valence-electron chi connectivity index (χ4n) is 2.40. The second-order valence-corrected chi connectivity index (χ2v) is 7.69. The fraction of sp³-hybridized carbons (Fsp3) is 0.200. The minimum Gasteiger partial charge on any atom is -0.382 e. The number of alkyl halides is 3. The quantitative estimate of drug-likeness (QED) is 0.422. The SMILES string of the molecule is CC(C)(NSc1ccccc1-c1ccc(-c2cnc(N)cn2)c(F)c1)C(F)(F)F. The summed E-state index contributed by atoms with van der Waals surface area (Å²) in [7, 11) is 0. The second kappa shape index (κ2) is 8.00. The molecule has 0 bridgehead atoms. The molecule has 0 aliphatic heterocycles. The van der Waals surface area contributed by atoms with Crippen LogP contribution < -0.4 is 10.5 Å². The van der Waals surface area contributed by atoms with Gasteiger partial charge in [0, 0.05) is 10.5 Å². The average Bonchev–Trinajstić information content (AvgIpc) is 2.66. The Hall–Kier alpha value is -2.65. The van der Waals surface area contributed by atoms with Crippen LogP contribution in [-0.4, -0.2) is 21.7 Å². The number of hydrogen-bond donors (Lipinski definition) is 2. The van der Waals surface area contributed by atoms with E-state index < -0.39 is 17.5 Å². The van der Waals surface area contributed by atoms with Gasteiger partial charge in [-0.3, -0.25) is 4.98 Å². The fourth-order valence-corrected chi connectivity index (χ4v) is 3.33. The zero-order valence-electron chi connectivity index (χ0n) is 15.6. The van der Waals surface area contributed by atoms with Crippen LogP contribution in [0.2, 0.25) is 0 Å². The Balaban J connectivity index is 1.90. The van der Waals surface area contributed by atoms with Crippen molar-refractivity contribution in [1.82, 2.24) is 14.7 Å². The van der Waals surface area contributed by atoms with Crippen LogP contribution in [0.4, 0.5) is 23.4 Å². The van der Waals surface area contributed by atoms with Crippen molar-refractivity contribution >= 4 is 17.8 Å². The number of nitrogen functional groups attached to an aromatic ring is 1. The van der Waals surface area contributed by atoms with E-state index in [1.807, 2.05) is 0 Å². The number of nitrogens with one attached hydrogen (secondary N) is 1. The third-order valence-corrected chi connectivity index (χ3v) is 5.43. The van der Waals surface area contributed by atoms with Crippen molar-refractivity contribution in [1.29, 1.82) is 0 Å². The summed E-state index contributed by atoms with van der Waals surface area (Å²) in [4.78, 5) is 8.51. The number of hydrogen-bond acceptors (Lipinski definition) is 5. The van der Waals surface area contributed by atoms with Crippen molar-refractivity contribution in [2.75, 3.05) is 5.73 Å². The smallest absolute Gasteiger partial charge is 0.382 e. The maximum Gasteiger partial charge on any atom is 0.406 e. The highest BCUT2D eigenvalue weighted by atomic mass is 32.2. The van der Waals surface area contributed by atoms with Gasteiger partial charge in [-0.25, -0.2) is 14.1 Å². The summed E-state index contributed by atoms with van der Waals surface area (Å²) in [5.74, 6) is -0.295. The first-order valence-corrected chi connectivity index (χ1v) is 9.38. The standard InChI is InChI=1S/C20H18F4N4S/c1-19(2,20(22,23)24)28-29-17-6-4-3-5-13(17)12-7-8-14(15(21)9-12)16-10-27-18(25)11-26-16/h3-11,28H,1-2H3,(H2,25,27). The van der Waals surface area contributed by atoms with Gasteiger partial charge < -0.3 is 5.73 Å². The molecule has 3 N–H and O–H groups in total. The highest BCUT2D eigenvalue weighted by Crippen LogP contribution is 2.36. The molecule has 0 aliphatic carbocycles. The van der Waals surface area contributed by atoms with E-state index in [2.05, 4.69) is 14.7 Å². The second-order valence-electron chi connectivity index (χ2n) is 6.84. The monoisotopic (exact) mass is 422 g/mol. The van der Waals surface area contributed by atoms with Crippen LogP contribution in [0.5, 0.6) is 0 Å². The Kier molecular flexibility index (Phi) is 5.81. The van der Waals surface area contributed by atoms with Gasteiger partial charge in [-0.05, 0) is 55.1 Å². The highest BCUT2D eigenvalue weighted by Gasteiger charge is 2.47. The van der Waals surface area contributed by atoms with Gasteiger partial charge >= 0.3 is 6.18 Å². The molecule has 152 valence electrons. The van der Waals surface area contributed by atoms with Crippen molar-refractivity contribution in [2.24, 2.45) is 0 Å². The van der Waals surface area contributed by atoms with Crippen LogP contribution in [-0.2, 0) is 0 Å². The van der Waals surface area contributed by atoms with Crippen LogP contribution in [0.15, 0.2) is 59.8 Å². The Morgan fingerprint density at radius 3 is 2.31 bits per heavy atom. The van der Waals surface area contributed by atoms with E-state index in [1.54, 1.807) is 36.4 Å². The van der Waals surface area contributed by atoms with E-state index in [-0.39, 0.29) is 11.4 Å². The largest absolute Gasteiger partial charge is 0.406 e. The summed E-state index contributed by atoms with van der Waals surface area (Å²) in [6, 6.07) is 11.4. The van der Waals surface area contributed by atoms with Gasteiger partial charge in [-0.15, -0.1) is 0 Å². The van der Waals surface area contributed by atoms with Crippen molar-refractivity contribution < 1.29 is 17.6 Å². The molecule has 0 unspecified atom stereocenters. The van der Waals surface area contributed by atoms with Gasteiger partial charge in [0.15, 0.2) is 0 Å². The number of nitrogens with zero attached hydrogens (tertiary/aromatic N) is 2. The topological polar surface area (TPSA) is 63.8 Å². The molecule has 0 saturated carbocycles. The molecule has 1 aromatic heterocycles. The predicted octanol–water partition coefficient (Wildman–Crippen LogP) is 5.47. The van der Waals surface area contributed by atoms with Crippen molar-refractivity contribution in [2.45, 2.75) is 30.5 Å². The molecule has 9 heteroatoms. The predicted molar refractivity (Wildman–Crippen MR) is 106 cm³/mol. The molecule has 0 atom stereocenters. The van der Waals surface area contributed by atoms with Crippen LogP contribution in [0.3, 0.4) is 0 Å². The van der Waals surface area contributed by atoms with Crippen LogP contribution in [0.1, 0.15) is 13.8 Å². The minimum atomic E-state index is -4.41. The van der Waals surface area contributed by atoms with Gasteiger partial charge in [0.1, 0.15) is 17.2 Å². The third-order valence-electron chi connectivity index (χ3n) is 4.24. The molecular weight excluding hydrogens is 404 g/mol. The molecule has 2 aromatic carbocycles. The normalized spacial score (nSPS) is 12.2. The summed E-state index contributed by atoms with van der Waals surface area (Å²) in [5.41, 5.74) is 5.14. The molecule has 0 amide bonds. The molecule has 0 saturated heterocycles. The van der Waals surface area contributed by atoms with Crippen molar-refractivity contribution in [3.8, 4) is 22.4 Å². The van der Waals surface area contributed by atoms with Gasteiger partial charge in [-0.2, -0.15) is 13.2 Å². The number of nitrogens with two attached hydrogens (primary N) is 1. The first kappa shape index (κ1) is 21.1. The molecule has 4 nitrogen and oxygen atoms in total. The lowest BCUT2D eigenvalue weighted by molar-refractivity contribution is -0.179. The summed E-state index contributed by atoms with van der Waals surface area (Å²) in [6.07, 6.45) is -1.70. The Labute approximate surface area is 169 Å².